The van der Waals surface area contributed by atoms with Crippen molar-refractivity contribution in [2.75, 3.05) is 33.4 Å². The number of ether oxygens (including phenoxy) is 1. The molecule has 0 aliphatic heterocycles. The molecule has 0 aromatic heterocycles. The Morgan fingerprint density at radius 1 is 1.19 bits per heavy atom. The topological polar surface area (TPSA) is 79.5 Å². The maximum atomic E-state index is 11.9. The van der Waals surface area contributed by atoms with E-state index in [9.17, 15) is 9.59 Å². The summed E-state index contributed by atoms with van der Waals surface area (Å²) < 4.78 is 4.91. The first-order chi connectivity index (χ1) is 10.1. The van der Waals surface area contributed by atoms with Crippen molar-refractivity contribution < 1.29 is 14.3 Å². The molecule has 1 fully saturated rings. The zero-order chi connectivity index (χ0) is 15.5. The van der Waals surface area contributed by atoms with Crippen LogP contribution in [0.3, 0.4) is 0 Å². The summed E-state index contributed by atoms with van der Waals surface area (Å²) in [5, 5.41) is 8.93. The lowest BCUT2D eigenvalue weighted by Gasteiger charge is -2.16. The molecule has 122 valence electrons. The van der Waals surface area contributed by atoms with Gasteiger partial charge in [-0.05, 0) is 19.8 Å². The summed E-state index contributed by atoms with van der Waals surface area (Å²) in [7, 11) is 1.66. The lowest BCUT2D eigenvalue weighted by atomic mass is 10.1. The molecule has 1 aliphatic rings. The molecule has 2 amide bonds. The Hall–Kier alpha value is -1.14. The van der Waals surface area contributed by atoms with Crippen molar-refractivity contribution in [3.8, 4) is 0 Å². The minimum atomic E-state index is -0.112. The average Bonchev–Trinajstić information content (AvgIpc) is 2.96. The zero-order valence-corrected chi connectivity index (χ0v) is 13.2. The molecule has 0 saturated heterocycles. The SMILES string of the molecule is COCCNCCNC(=O)CC(C)NC(=O)C1CCCC1. The van der Waals surface area contributed by atoms with Gasteiger partial charge in [0.25, 0.3) is 0 Å². The second kappa shape index (κ2) is 10.6. The lowest BCUT2D eigenvalue weighted by molar-refractivity contribution is -0.126. The van der Waals surface area contributed by atoms with E-state index < -0.39 is 0 Å². The van der Waals surface area contributed by atoms with Gasteiger partial charge in [-0.2, -0.15) is 0 Å². The summed E-state index contributed by atoms with van der Waals surface area (Å²) in [4.78, 5) is 23.7. The van der Waals surface area contributed by atoms with Gasteiger partial charge in [0.2, 0.25) is 11.8 Å². The molecule has 6 nitrogen and oxygen atoms in total. The van der Waals surface area contributed by atoms with Crippen molar-refractivity contribution in [2.24, 2.45) is 5.92 Å². The normalized spacial score (nSPS) is 16.7. The summed E-state index contributed by atoms with van der Waals surface area (Å²) >= 11 is 0. The summed E-state index contributed by atoms with van der Waals surface area (Å²) in [5.74, 6) is 0.234. The zero-order valence-electron chi connectivity index (χ0n) is 13.2. The molecular formula is C15H29N3O3. The second-order valence-corrected chi connectivity index (χ2v) is 5.69. The molecule has 1 aliphatic carbocycles. The Balaban J connectivity index is 2.05. The quantitative estimate of drug-likeness (QED) is 0.511. The van der Waals surface area contributed by atoms with E-state index in [1.165, 1.54) is 0 Å². The van der Waals surface area contributed by atoms with Crippen LogP contribution >= 0.6 is 0 Å². The van der Waals surface area contributed by atoms with Crippen LogP contribution in [-0.4, -0.2) is 51.2 Å². The highest BCUT2D eigenvalue weighted by molar-refractivity contribution is 5.81. The number of hydrogen-bond acceptors (Lipinski definition) is 4. The minimum absolute atomic E-state index is 0.0252. The monoisotopic (exact) mass is 299 g/mol. The van der Waals surface area contributed by atoms with Crippen molar-refractivity contribution in [1.82, 2.24) is 16.0 Å². The van der Waals surface area contributed by atoms with Crippen LogP contribution in [0.4, 0.5) is 0 Å². The van der Waals surface area contributed by atoms with Crippen LogP contribution in [0.1, 0.15) is 39.0 Å². The van der Waals surface area contributed by atoms with E-state index in [-0.39, 0.29) is 23.8 Å². The van der Waals surface area contributed by atoms with Crippen LogP contribution in [0.15, 0.2) is 0 Å². The van der Waals surface area contributed by atoms with Crippen molar-refractivity contribution in [2.45, 2.75) is 45.1 Å². The van der Waals surface area contributed by atoms with Gasteiger partial charge in [-0.3, -0.25) is 9.59 Å². The predicted molar refractivity (Wildman–Crippen MR) is 81.9 cm³/mol. The van der Waals surface area contributed by atoms with Crippen LogP contribution < -0.4 is 16.0 Å². The molecule has 1 rings (SSSR count). The van der Waals surface area contributed by atoms with Crippen molar-refractivity contribution in [1.29, 1.82) is 0 Å². The molecule has 0 radical (unpaired) electrons. The van der Waals surface area contributed by atoms with E-state index in [1.807, 2.05) is 6.92 Å². The minimum Gasteiger partial charge on any atom is -0.383 e. The molecule has 1 saturated carbocycles. The van der Waals surface area contributed by atoms with Crippen molar-refractivity contribution in [3.05, 3.63) is 0 Å². The number of carbonyl (C=O) groups excluding carboxylic acids is 2. The van der Waals surface area contributed by atoms with Gasteiger partial charge < -0.3 is 20.7 Å². The van der Waals surface area contributed by atoms with Gasteiger partial charge >= 0.3 is 0 Å². The van der Waals surface area contributed by atoms with E-state index in [0.29, 0.717) is 19.6 Å². The molecular weight excluding hydrogens is 270 g/mol. The summed E-state index contributed by atoms with van der Waals surface area (Å²) in [6, 6.07) is -0.112. The third-order valence-electron chi connectivity index (χ3n) is 3.71. The van der Waals surface area contributed by atoms with Crippen molar-refractivity contribution >= 4 is 11.8 Å². The molecule has 21 heavy (non-hydrogen) atoms. The number of hydrogen-bond donors (Lipinski definition) is 3. The Morgan fingerprint density at radius 3 is 2.57 bits per heavy atom. The Labute approximate surface area is 127 Å². The summed E-state index contributed by atoms with van der Waals surface area (Å²) in [6.45, 7) is 4.63. The van der Waals surface area contributed by atoms with Gasteiger partial charge in [0.1, 0.15) is 0 Å². The number of methoxy groups -OCH3 is 1. The van der Waals surface area contributed by atoms with E-state index in [4.69, 9.17) is 4.74 Å². The van der Waals surface area contributed by atoms with E-state index in [0.717, 1.165) is 38.8 Å². The fourth-order valence-corrected chi connectivity index (χ4v) is 2.54. The summed E-state index contributed by atoms with van der Waals surface area (Å²) in [6.07, 6.45) is 4.58. The first-order valence-electron chi connectivity index (χ1n) is 7.90. The van der Waals surface area contributed by atoms with Gasteiger partial charge in [-0.1, -0.05) is 12.8 Å². The molecule has 1 atom stereocenters. The first-order valence-corrected chi connectivity index (χ1v) is 7.90. The van der Waals surface area contributed by atoms with Gasteiger partial charge in [0.05, 0.1) is 6.61 Å². The van der Waals surface area contributed by atoms with Gasteiger partial charge in [0.15, 0.2) is 0 Å². The van der Waals surface area contributed by atoms with Crippen LogP contribution in [0.25, 0.3) is 0 Å². The fourth-order valence-electron chi connectivity index (χ4n) is 2.54. The van der Waals surface area contributed by atoms with E-state index >= 15 is 0 Å². The number of rotatable bonds is 10. The smallest absolute Gasteiger partial charge is 0.223 e. The van der Waals surface area contributed by atoms with Crippen LogP contribution in [0, 0.1) is 5.92 Å². The number of amides is 2. The molecule has 6 heteroatoms. The Kier molecular flexibility index (Phi) is 9.01. The molecule has 0 aromatic carbocycles. The maximum absolute atomic E-state index is 11.9. The van der Waals surface area contributed by atoms with Gasteiger partial charge in [-0.25, -0.2) is 0 Å². The third kappa shape index (κ3) is 8.02. The molecule has 0 spiro atoms. The van der Waals surface area contributed by atoms with Crippen LogP contribution in [0.2, 0.25) is 0 Å². The van der Waals surface area contributed by atoms with Crippen molar-refractivity contribution in [3.63, 3.8) is 0 Å². The Morgan fingerprint density at radius 2 is 1.90 bits per heavy atom. The largest absolute Gasteiger partial charge is 0.383 e. The number of nitrogens with one attached hydrogen (secondary N) is 3. The van der Waals surface area contributed by atoms with E-state index in [1.54, 1.807) is 7.11 Å². The van der Waals surface area contributed by atoms with Crippen LogP contribution in [-0.2, 0) is 14.3 Å². The highest BCUT2D eigenvalue weighted by Gasteiger charge is 2.23. The first kappa shape index (κ1) is 17.9. The summed E-state index contributed by atoms with van der Waals surface area (Å²) in [5.41, 5.74) is 0. The lowest BCUT2D eigenvalue weighted by Crippen LogP contribution is -2.41. The van der Waals surface area contributed by atoms with E-state index in [2.05, 4.69) is 16.0 Å². The molecule has 3 N–H and O–H groups in total. The standard InChI is InChI=1S/C15H29N3O3/c1-12(18-15(20)13-5-3-4-6-13)11-14(19)17-8-7-16-9-10-21-2/h12-13,16H,3-11H2,1-2H3,(H,17,19)(H,18,20). The Bertz CT molecular complexity index is 317. The predicted octanol–water partition coefficient (Wildman–Crippen LogP) is 0.424. The molecule has 0 bridgehead atoms. The molecule has 0 heterocycles. The highest BCUT2D eigenvalue weighted by Crippen LogP contribution is 2.24. The maximum Gasteiger partial charge on any atom is 0.223 e. The highest BCUT2D eigenvalue weighted by atomic mass is 16.5. The molecule has 0 aromatic rings. The van der Waals surface area contributed by atoms with Gasteiger partial charge in [-0.15, -0.1) is 0 Å². The second-order valence-electron chi connectivity index (χ2n) is 5.69. The molecule has 1 unspecified atom stereocenters. The number of carbonyl (C=O) groups is 2. The fraction of sp³-hybridized carbons (Fsp3) is 0.867. The third-order valence-corrected chi connectivity index (χ3v) is 3.71. The average molecular weight is 299 g/mol. The van der Waals surface area contributed by atoms with Crippen LogP contribution in [0.5, 0.6) is 0 Å². The van der Waals surface area contributed by atoms with Gasteiger partial charge in [0, 0.05) is 45.1 Å².